The van der Waals surface area contributed by atoms with Gasteiger partial charge in [0, 0.05) is 28.3 Å². The van der Waals surface area contributed by atoms with Crippen LogP contribution in [0.4, 0.5) is 0 Å². The third-order valence-electron chi connectivity index (χ3n) is 5.43. The maximum atomic E-state index is 12.9. The lowest BCUT2D eigenvalue weighted by Gasteiger charge is -2.20. The van der Waals surface area contributed by atoms with E-state index in [-0.39, 0.29) is 35.4 Å². The Kier molecular flexibility index (Phi) is 6.07. The lowest BCUT2D eigenvalue weighted by atomic mass is 10.1. The zero-order valence-corrected chi connectivity index (χ0v) is 19.5. The quantitative estimate of drug-likeness (QED) is 0.276. The van der Waals surface area contributed by atoms with E-state index in [0.29, 0.717) is 40.0 Å². The summed E-state index contributed by atoms with van der Waals surface area (Å²) in [4.78, 5) is 25.6. The summed E-state index contributed by atoms with van der Waals surface area (Å²) in [6.07, 6.45) is 1.58. The molecule has 0 bridgehead atoms. The van der Waals surface area contributed by atoms with Gasteiger partial charge in [-0.2, -0.15) is 0 Å². The summed E-state index contributed by atoms with van der Waals surface area (Å²) in [6, 6.07) is 12.7. The molecule has 0 unspecified atom stereocenters. The second kappa shape index (κ2) is 9.32. The fourth-order valence-corrected chi connectivity index (χ4v) is 4.03. The number of methoxy groups -OCH3 is 2. The van der Waals surface area contributed by atoms with Gasteiger partial charge in [-0.1, -0.05) is 11.6 Å². The van der Waals surface area contributed by atoms with Crippen molar-refractivity contribution in [2.75, 3.05) is 21.0 Å². The molecule has 0 amide bonds. The molecule has 0 radical (unpaired) electrons. The molecule has 0 aliphatic carbocycles. The van der Waals surface area contributed by atoms with Crippen LogP contribution in [0.5, 0.6) is 28.7 Å². The Bertz CT molecular complexity index is 1360. The maximum Gasteiger partial charge on any atom is 0.343 e. The maximum absolute atomic E-state index is 12.9. The largest absolute Gasteiger partial charge is 0.497 e. The average molecular weight is 495 g/mol. The molecular formula is C26H19ClO8. The van der Waals surface area contributed by atoms with Crippen molar-refractivity contribution < 1.29 is 38.0 Å². The molecule has 0 atom stereocenters. The molecule has 178 valence electrons. The molecule has 3 aromatic rings. The second-order valence-electron chi connectivity index (χ2n) is 7.68. The van der Waals surface area contributed by atoms with Crippen LogP contribution in [0.2, 0.25) is 5.02 Å². The minimum atomic E-state index is -0.618. The predicted molar refractivity (Wildman–Crippen MR) is 126 cm³/mol. The SMILES string of the molecule is COc1cc(OC)cc(C(=O)Oc2ccc3c(c2)O/C(=C\c2cc(Cl)cc4c2OCOC4)C3=O)c1. The summed E-state index contributed by atoms with van der Waals surface area (Å²) in [5.74, 6) is 1.15. The molecule has 0 aromatic heterocycles. The van der Waals surface area contributed by atoms with Crippen LogP contribution in [0.25, 0.3) is 6.08 Å². The minimum absolute atomic E-state index is 0.0977. The molecule has 2 heterocycles. The lowest BCUT2D eigenvalue weighted by molar-refractivity contribution is -0.0165. The zero-order valence-electron chi connectivity index (χ0n) is 18.8. The average Bonchev–Trinajstić information content (AvgIpc) is 3.17. The second-order valence-corrected chi connectivity index (χ2v) is 8.12. The fraction of sp³-hybridized carbons (Fsp3) is 0.154. The van der Waals surface area contributed by atoms with Gasteiger partial charge in [0.25, 0.3) is 0 Å². The lowest BCUT2D eigenvalue weighted by Crippen LogP contribution is -2.12. The van der Waals surface area contributed by atoms with Gasteiger partial charge in [-0.3, -0.25) is 4.79 Å². The number of benzene rings is 3. The van der Waals surface area contributed by atoms with Crippen LogP contribution in [-0.4, -0.2) is 32.8 Å². The molecule has 2 aliphatic rings. The highest BCUT2D eigenvalue weighted by atomic mass is 35.5. The van der Waals surface area contributed by atoms with E-state index in [4.69, 9.17) is 40.0 Å². The Morgan fingerprint density at radius 2 is 1.77 bits per heavy atom. The first-order valence-electron chi connectivity index (χ1n) is 10.5. The first kappa shape index (κ1) is 22.8. The first-order valence-corrected chi connectivity index (χ1v) is 10.9. The van der Waals surface area contributed by atoms with E-state index < -0.39 is 5.97 Å². The Balaban J connectivity index is 1.39. The van der Waals surface area contributed by atoms with E-state index in [1.54, 1.807) is 30.3 Å². The van der Waals surface area contributed by atoms with Gasteiger partial charge in [-0.25, -0.2) is 4.79 Å². The van der Waals surface area contributed by atoms with Crippen molar-refractivity contribution in [3.63, 3.8) is 0 Å². The molecule has 9 heteroatoms. The van der Waals surface area contributed by atoms with Crippen molar-refractivity contribution in [2.45, 2.75) is 6.61 Å². The summed E-state index contributed by atoms with van der Waals surface area (Å²) in [5, 5.41) is 0.482. The van der Waals surface area contributed by atoms with E-state index in [9.17, 15) is 9.59 Å². The zero-order chi connectivity index (χ0) is 24.5. The Hall–Kier alpha value is -4.01. The van der Waals surface area contributed by atoms with Gasteiger partial charge in [0.2, 0.25) is 5.78 Å². The van der Waals surface area contributed by atoms with Gasteiger partial charge in [0.05, 0.1) is 32.0 Å². The summed E-state index contributed by atoms with van der Waals surface area (Å²) >= 11 is 6.22. The van der Waals surface area contributed by atoms with E-state index in [2.05, 4.69) is 0 Å². The Morgan fingerprint density at radius 1 is 1.00 bits per heavy atom. The number of rotatable bonds is 5. The van der Waals surface area contributed by atoms with Gasteiger partial charge in [-0.05, 0) is 42.5 Å². The number of carbonyl (C=O) groups is 2. The molecule has 0 spiro atoms. The third kappa shape index (κ3) is 4.53. The van der Waals surface area contributed by atoms with Gasteiger partial charge in [0.1, 0.15) is 28.7 Å². The highest BCUT2D eigenvalue weighted by Gasteiger charge is 2.29. The molecule has 8 nitrogen and oxygen atoms in total. The van der Waals surface area contributed by atoms with Crippen LogP contribution in [0.3, 0.4) is 0 Å². The van der Waals surface area contributed by atoms with Gasteiger partial charge >= 0.3 is 5.97 Å². The molecule has 0 fully saturated rings. The van der Waals surface area contributed by atoms with E-state index in [1.165, 1.54) is 38.5 Å². The van der Waals surface area contributed by atoms with Crippen LogP contribution >= 0.6 is 11.6 Å². The van der Waals surface area contributed by atoms with E-state index in [1.807, 2.05) is 0 Å². The molecule has 3 aromatic carbocycles. The molecule has 5 rings (SSSR count). The van der Waals surface area contributed by atoms with Crippen LogP contribution < -0.4 is 23.7 Å². The number of allylic oxidation sites excluding steroid dienone is 1. The predicted octanol–water partition coefficient (Wildman–Crippen LogP) is 5.06. The number of Topliss-reactive ketones (excluding diaryl/α,β-unsaturated/α-hetero) is 1. The van der Waals surface area contributed by atoms with Crippen molar-refractivity contribution in [2.24, 2.45) is 0 Å². The molecule has 0 saturated carbocycles. The molecule has 0 saturated heterocycles. The fourth-order valence-electron chi connectivity index (χ4n) is 3.78. The Labute approximate surface area is 205 Å². The van der Waals surface area contributed by atoms with Crippen LogP contribution in [0.1, 0.15) is 31.8 Å². The minimum Gasteiger partial charge on any atom is -0.497 e. The molecule has 2 aliphatic heterocycles. The highest BCUT2D eigenvalue weighted by Crippen LogP contribution is 2.38. The molecular weight excluding hydrogens is 476 g/mol. The smallest absolute Gasteiger partial charge is 0.343 e. The number of fused-ring (bicyclic) bond motifs is 2. The third-order valence-corrected chi connectivity index (χ3v) is 5.65. The number of hydrogen-bond acceptors (Lipinski definition) is 8. The number of halogens is 1. The van der Waals surface area contributed by atoms with Crippen LogP contribution in [0, 0.1) is 0 Å². The monoisotopic (exact) mass is 494 g/mol. The van der Waals surface area contributed by atoms with Crippen molar-refractivity contribution >= 4 is 29.4 Å². The summed E-state index contributed by atoms with van der Waals surface area (Å²) in [5.41, 5.74) is 1.97. The van der Waals surface area contributed by atoms with Crippen molar-refractivity contribution in [3.8, 4) is 28.7 Å². The summed E-state index contributed by atoms with van der Waals surface area (Å²) in [6.45, 7) is 0.461. The topological polar surface area (TPSA) is 89.5 Å². The Morgan fingerprint density at radius 3 is 2.51 bits per heavy atom. The standard InChI is InChI=1S/C26H19ClO8/c1-30-19-7-15(8-20(10-19)31-2)26(29)34-18-3-4-21-22(11-18)35-23(24(21)28)9-14-5-17(27)6-16-12-32-13-33-25(14)16/h3-11H,12-13H2,1-2H3/b23-9-. The molecule has 35 heavy (non-hydrogen) atoms. The van der Waals surface area contributed by atoms with Crippen molar-refractivity contribution in [3.05, 3.63) is 81.6 Å². The molecule has 0 N–H and O–H groups in total. The number of hydrogen-bond donors (Lipinski definition) is 0. The van der Waals surface area contributed by atoms with E-state index in [0.717, 1.165) is 5.56 Å². The van der Waals surface area contributed by atoms with Crippen LogP contribution in [0.15, 0.2) is 54.3 Å². The first-order chi connectivity index (χ1) is 16.9. The number of carbonyl (C=O) groups excluding carboxylic acids is 2. The van der Waals surface area contributed by atoms with Crippen molar-refractivity contribution in [1.29, 1.82) is 0 Å². The van der Waals surface area contributed by atoms with E-state index >= 15 is 0 Å². The van der Waals surface area contributed by atoms with Gasteiger partial charge in [-0.15, -0.1) is 0 Å². The number of ether oxygens (including phenoxy) is 6. The highest BCUT2D eigenvalue weighted by molar-refractivity contribution is 6.31. The summed E-state index contributed by atoms with van der Waals surface area (Å²) in [7, 11) is 2.98. The van der Waals surface area contributed by atoms with Crippen molar-refractivity contribution in [1.82, 2.24) is 0 Å². The number of esters is 1. The summed E-state index contributed by atoms with van der Waals surface area (Å²) < 4.78 is 32.6. The number of ketones is 1. The van der Waals surface area contributed by atoms with Gasteiger partial charge < -0.3 is 28.4 Å². The van der Waals surface area contributed by atoms with Gasteiger partial charge in [0.15, 0.2) is 12.6 Å². The normalized spacial score (nSPS) is 15.1. The van der Waals surface area contributed by atoms with Crippen LogP contribution in [-0.2, 0) is 11.3 Å².